The largest absolute Gasteiger partial charge is 0.465 e. The first-order valence-corrected chi connectivity index (χ1v) is 4.37. The van der Waals surface area contributed by atoms with Crippen molar-refractivity contribution in [2.45, 2.75) is 0 Å². The second-order valence-corrected chi connectivity index (χ2v) is 2.79. The van der Waals surface area contributed by atoms with Crippen LogP contribution in [-0.4, -0.2) is 11.2 Å². The Kier molecular flexibility index (Phi) is 3.97. The molecule has 0 unspecified atom stereocenters. The van der Waals surface area contributed by atoms with E-state index < -0.39 is 6.09 Å². The Balaban J connectivity index is 0.000000245. The number of carbonyl (C=O) groups is 1. The number of para-hydroxylation sites is 1. The molecule has 0 saturated carbocycles. The van der Waals surface area contributed by atoms with Crippen LogP contribution in [-0.2, 0) is 0 Å². The summed E-state index contributed by atoms with van der Waals surface area (Å²) < 4.78 is 0. The van der Waals surface area contributed by atoms with Crippen LogP contribution < -0.4 is 11.1 Å². The standard InChI is InChI=1S/C10H9N.CH3NO2/c1-2-7-10-9(5-1)6-3-4-8-11-10;2-1(3)4/h1-8,11H;2H2,(H,3,4). The molecule has 4 N–H and O–H groups in total. The average molecular weight is 204 g/mol. The van der Waals surface area contributed by atoms with Crippen LogP contribution >= 0.6 is 0 Å². The molecule has 1 amide bonds. The van der Waals surface area contributed by atoms with E-state index in [1.807, 2.05) is 30.5 Å². The summed E-state index contributed by atoms with van der Waals surface area (Å²) in [6, 6.07) is 8.22. The van der Waals surface area contributed by atoms with Gasteiger partial charge in [-0.3, -0.25) is 0 Å². The Morgan fingerprint density at radius 1 is 1.27 bits per heavy atom. The summed E-state index contributed by atoms with van der Waals surface area (Å²) in [4.78, 5) is 8.78. The first-order valence-electron chi connectivity index (χ1n) is 4.37. The SMILES string of the molecule is C1=CNc2ccccc2C=C1.NC(=O)O. The molecule has 1 aromatic carbocycles. The maximum atomic E-state index is 8.78. The van der Waals surface area contributed by atoms with Crippen molar-refractivity contribution in [1.29, 1.82) is 0 Å². The third-order valence-corrected chi connectivity index (χ3v) is 1.68. The molecule has 0 fully saturated rings. The molecule has 15 heavy (non-hydrogen) atoms. The number of primary amides is 1. The Morgan fingerprint density at radius 3 is 2.67 bits per heavy atom. The molecule has 0 bridgehead atoms. The third-order valence-electron chi connectivity index (χ3n) is 1.68. The summed E-state index contributed by atoms with van der Waals surface area (Å²) >= 11 is 0. The Labute approximate surface area is 87.7 Å². The minimum Gasteiger partial charge on any atom is -0.465 e. The first-order chi connectivity index (χ1) is 7.20. The summed E-state index contributed by atoms with van der Waals surface area (Å²) in [5.41, 5.74) is 6.43. The molecule has 1 aromatic rings. The van der Waals surface area contributed by atoms with Gasteiger partial charge in [-0.2, -0.15) is 0 Å². The molecule has 0 spiro atoms. The van der Waals surface area contributed by atoms with E-state index in [1.165, 1.54) is 5.56 Å². The monoisotopic (exact) mass is 204 g/mol. The highest BCUT2D eigenvalue weighted by Gasteiger charge is 1.95. The number of nitrogens with one attached hydrogen (secondary N) is 1. The van der Waals surface area contributed by atoms with Gasteiger partial charge >= 0.3 is 6.09 Å². The van der Waals surface area contributed by atoms with Gasteiger partial charge in [0, 0.05) is 11.9 Å². The van der Waals surface area contributed by atoms with Gasteiger partial charge in [-0.15, -0.1) is 0 Å². The van der Waals surface area contributed by atoms with Gasteiger partial charge in [0.15, 0.2) is 0 Å². The zero-order valence-corrected chi connectivity index (χ0v) is 8.05. The molecule has 0 radical (unpaired) electrons. The lowest BCUT2D eigenvalue weighted by molar-refractivity contribution is 0.205. The minimum absolute atomic E-state index is 1.16. The van der Waals surface area contributed by atoms with Crippen molar-refractivity contribution < 1.29 is 9.90 Å². The van der Waals surface area contributed by atoms with Gasteiger partial charge in [-0.25, -0.2) is 4.79 Å². The van der Waals surface area contributed by atoms with Gasteiger partial charge < -0.3 is 16.2 Å². The van der Waals surface area contributed by atoms with Crippen molar-refractivity contribution in [3.8, 4) is 0 Å². The number of anilines is 1. The van der Waals surface area contributed by atoms with E-state index in [2.05, 4.69) is 29.3 Å². The van der Waals surface area contributed by atoms with Crippen LogP contribution in [0.1, 0.15) is 5.56 Å². The van der Waals surface area contributed by atoms with E-state index in [4.69, 9.17) is 9.90 Å². The highest BCUT2D eigenvalue weighted by molar-refractivity contribution is 5.69. The molecule has 0 atom stereocenters. The minimum atomic E-state index is -1.33. The first kappa shape index (κ1) is 10.8. The molecule has 1 aliphatic rings. The fraction of sp³-hybridized carbons (Fsp3) is 0. The number of carboxylic acid groups (broad SMARTS) is 1. The Bertz CT molecular complexity index is 393. The van der Waals surface area contributed by atoms with Crippen molar-refractivity contribution >= 4 is 17.9 Å². The Hall–Kier alpha value is -2.23. The van der Waals surface area contributed by atoms with Gasteiger partial charge in [-0.05, 0) is 17.7 Å². The summed E-state index contributed by atoms with van der Waals surface area (Å²) in [6.45, 7) is 0. The summed E-state index contributed by atoms with van der Waals surface area (Å²) in [6.07, 6.45) is 6.70. The average Bonchev–Trinajstić information content (AvgIpc) is 2.41. The van der Waals surface area contributed by atoms with Crippen molar-refractivity contribution in [3.63, 3.8) is 0 Å². The Morgan fingerprint density at radius 2 is 1.93 bits per heavy atom. The predicted molar refractivity (Wildman–Crippen MR) is 60.5 cm³/mol. The second kappa shape index (κ2) is 5.49. The van der Waals surface area contributed by atoms with Crippen molar-refractivity contribution in [2.75, 3.05) is 5.32 Å². The number of hydrogen-bond acceptors (Lipinski definition) is 2. The topological polar surface area (TPSA) is 75.3 Å². The normalized spacial score (nSPS) is 11.5. The van der Waals surface area contributed by atoms with Gasteiger partial charge in [0.05, 0.1) is 0 Å². The lowest BCUT2D eigenvalue weighted by atomic mass is 10.2. The zero-order chi connectivity index (χ0) is 11.1. The van der Waals surface area contributed by atoms with E-state index in [0.29, 0.717) is 0 Å². The summed E-state index contributed by atoms with van der Waals surface area (Å²) in [5.74, 6) is 0. The second-order valence-electron chi connectivity index (χ2n) is 2.79. The summed E-state index contributed by atoms with van der Waals surface area (Å²) in [7, 11) is 0. The van der Waals surface area contributed by atoms with Crippen LogP contribution in [0.3, 0.4) is 0 Å². The van der Waals surface area contributed by atoms with E-state index in [9.17, 15) is 0 Å². The number of benzene rings is 1. The maximum Gasteiger partial charge on any atom is 0.402 e. The summed E-state index contributed by atoms with van der Waals surface area (Å²) in [5, 5.41) is 10.4. The van der Waals surface area contributed by atoms with E-state index in [1.54, 1.807) is 0 Å². The van der Waals surface area contributed by atoms with Gasteiger partial charge in [0.2, 0.25) is 0 Å². The smallest absolute Gasteiger partial charge is 0.402 e. The van der Waals surface area contributed by atoms with Crippen LogP contribution in [0.4, 0.5) is 10.5 Å². The number of amides is 1. The highest BCUT2D eigenvalue weighted by atomic mass is 16.4. The fourth-order valence-electron chi connectivity index (χ4n) is 1.13. The zero-order valence-electron chi connectivity index (χ0n) is 8.05. The van der Waals surface area contributed by atoms with E-state index in [0.717, 1.165) is 5.69 Å². The van der Waals surface area contributed by atoms with Crippen molar-refractivity contribution in [3.05, 3.63) is 48.2 Å². The molecule has 0 aromatic heterocycles. The molecule has 2 rings (SSSR count). The number of rotatable bonds is 0. The van der Waals surface area contributed by atoms with Gasteiger partial charge in [0.25, 0.3) is 0 Å². The molecular weight excluding hydrogens is 192 g/mol. The van der Waals surface area contributed by atoms with Crippen LogP contribution in [0.5, 0.6) is 0 Å². The molecule has 4 nitrogen and oxygen atoms in total. The number of hydrogen-bond donors (Lipinski definition) is 3. The molecule has 0 aliphatic carbocycles. The molecule has 1 aliphatic heterocycles. The van der Waals surface area contributed by atoms with Gasteiger partial charge in [-0.1, -0.05) is 30.4 Å². The number of nitrogens with two attached hydrogens (primary N) is 1. The quantitative estimate of drug-likeness (QED) is 0.606. The fourth-order valence-corrected chi connectivity index (χ4v) is 1.13. The van der Waals surface area contributed by atoms with Crippen LogP contribution in [0.25, 0.3) is 6.08 Å². The number of allylic oxidation sites excluding steroid dienone is 2. The van der Waals surface area contributed by atoms with E-state index in [-0.39, 0.29) is 0 Å². The molecule has 78 valence electrons. The molecular formula is C11H12N2O2. The lowest BCUT2D eigenvalue weighted by Crippen LogP contribution is -2.03. The van der Waals surface area contributed by atoms with Crippen molar-refractivity contribution in [1.82, 2.24) is 0 Å². The molecule has 4 heteroatoms. The maximum absolute atomic E-state index is 8.78. The van der Waals surface area contributed by atoms with Crippen LogP contribution in [0.2, 0.25) is 0 Å². The van der Waals surface area contributed by atoms with Crippen LogP contribution in [0.15, 0.2) is 42.6 Å². The number of fused-ring (bicyclic) bond motifs is 1. The van der Waals surface area contributed by atoms with E-state index >= 15 is 0 Å². The highest BCUT2D eigenvalue weighted by Crippen LogP contribution is 2.18. The predicted octanol–water partition coefficient (Wildman–Crippen LogP) is 2.26. The third kappa shape index (κ3) is 3.99. The lowest BCUT2D eigenvalue weighted by Gasteiger charge is -2.01. The van der Waals surface area contributed by atoms with Gasteiger partial charge in [0.1, 0.15) is 0 Å². The van der Waals surface area contributed by atoms with Crippen LogP contribution in [0, 0.1) is 0 Å². The van der Waals surface area contributed by atoms with Crippen molar-refractivity contribution in [2.24, 2.45) is 5.73 Å². The molecule has 0 saturated heterocycles. The molecule has 1 heterocycles.